The molecule has 0 saturated carbocycles. The smallest absolute Gasteiger partial charge is 0.0175 e. The van der Waals surface area contributed by atoms with E-state index < -0.39 is 0 Å². The van der Waals surface area contributed by atoms with Crippen molar-refractivity contribution in [2.24, 2.45) is 5.73 Å². The van der Waals surface area contributed by atoms with Gasteiger partial charge in [-0.3, -0.25) is 3.53 Å². The standard InChI is InChI=1S/C4H12IN3/c5-8-4-3-7-2-1-6/h7-8H,1-4,6H2. The van der Waals surface area contributed by atoms with E-state index in [4.69, 9.17) is 5.73 Å². The van der Waals surface area contributed by atoms with Crippen molar-refractivity contribution >= 4 is 22.9 Å². The highest BCUT2D eigenvalue weighted by atomic mass is 127. The normalized spacial score (nSPS) is 9.75. The van der Waals surface area contributed by atoms with Crippen LogP contribution in [0.4, 0.5) is 0 Å². The first-order chi connectivity index (χ1) is 3.91. The van der Waals surface area contributed by atoms with Crippen LogP contribution >= 0.6 is 22.9 Å². The van der Waals surface area contributed by atoms with Crippen LogP contribution in [-0.4, -0.2) is 26.2 Å². The lowest BCUT2D eigenvalue weighted by molar-refractivity contribution is 0.689. The summed E-state index contributed by atoms with van der Waals surface area (Å²) in [7, 11) is 0. The summed E-state index contributed by atoms with van der Waals surface area (Å²) >= 11 is 2.12. The molecule has 0 fully saturated rings. The molecule has 0 heterocycles. The summed E-state index contributed by atoms with van der Waals surface area (Å²) in [6, 6.07) is 0. The zero-order valence-electron chi connectivity index (χ0n) is 4.78. The van der Waals surface area contributed by atoms with E-state index in [2.05, 4.69) is 31.7 Å². The van der Waals surface area contributed by atoms with Crippen LogP contribution in [0.5, 0.6) is 0 Å². The van der Waals surface area contributed by atoms with Crippen molar-refractivity contribution in [1.82, 2.24) is 8.85 Å². The molecule has 0 aromatic rings. The number of halogens is 1. The van der Waals surface area contributed by atoms with Crippen molar-refractivity contribution < 1.29 is 0 Å². The van der Waals surface area contributed by atoms with Gasteiger partial charge in [0.15, 0.2) is 0 Å². The van der Waals surface area contributed by atoms with Crippen LogP contribution in [0.3, 0.4) is 0 Å². The summed E-state index contributed by atoms with van der Waals surface area (Å²) in [6.07, 6.45) is 0. The van der Waals surface area contributed by atoms with Gasteiger partial charge >= 0.3 is 0 Å². The average molecular weight is 229 g/mol. The molecule has 0 atom stereocenters. The molecular formula is C4H12IN3. The van der Waals surface area contributed by atoms with Gasteiger partial charge in [-0.1, -0.05) is 0 Å². The highest BCUT2D eigenvalue weighted by Crippen LogP contribution is 1.64. The third-order valence-corrected chi connectivity index (χ3v) is 1.26. The van der Waals surface area contributed by atoms with Crippen molar-refractivity contribution in [3.8, 4) is 0 Å². The number of hydrogen-bond donors (Lipinski definition) is 3. The summed E-state index contributed by atoms with van der Waals surface area (Å²) < 4.78 is 2.99. The highest BCUT2D eigenvalue weighted by molar-refractivity contribution is 14.1. The van der Waals surface area contributed by atoms with E-state index in [0.29, 0.717) is 0 Å². The van der Waals surface area contributed by atoms with Crippen LogP contribution < -0.4 is 14.6 Å². The van der Waals surface area contributed by atoms with E-state index in [1.54, 1.807) is 0 Å². The van der Waals surface area contributed by atoms with Crippen LogP contribution in [0.25, 0.3) is 0 Å². The predicted molar refractivity (Wildman–Crippen MR) is 43.9 cm³/mol. The fourth-order valence-corrected chi connectivity index (χ4v) is 0.632. The number of nitrogens with one attached hydrogen (secondary N) is 2. The van der Waals surface area contributed by atoms with Gasteiger partial charge in [-0.05, 0) is 0 Å². The molecule has 0 unspecified atom stereocenters. The maximum atomic E-state index is 5.23. The molecule has 0 radical (unpaired) electrons. The molecule has 0 aliphatic heterocycles. The van der Waals surface area contributed by atoms with Gasteiger partial charge in [0.05, 0.1) is 0 Å². The Labute approximate surface area is 63.9 Å². The van der Waals surface area contributed by atoms with Gasteiger partial charge < -0.3 is 11.1 Å². The minimum absolute atomic E-state index is 0.723. The first-order valence-corrected chi connectivity index (χ1v) is 3.74. The third-order valence-electron chi connectivity index (χ3n) is 0.717. The van der Waals surface area contributed by atoms with Crippen LogP contribution in [0, 0.1) is 0 Å². The summed E-state index contributed by atoms with van der Waals surface area (Å²) in [4.78, 5) is 0. The monoisotopic (exact) mass is 229 g/mol. The quantitative estimate of drug-likeness (QED) is 0.337. The van der Waals surface area contributed by atoms with Crippen LogP contribution in [0.15, 0.2) is 0 Å². The molecule has 0 spiro atoms. The lowest BCUT2D eigenvalue weighted by Gasteiger charge is -1.98. The molecule has 0 aliphatic carbocycles. The van der Waals surface area contributed by atoms with Crippen molar-refractivity contribution in [2.45, 2.75) is 0 Å². The lowest BCUT2D eigenvalue weighted by Crippen LogP contribution is -2.27. The molecular weight excluding hydrogens is 217 g/mol. The number of nitrogens with two attached hydrogens (primary N) is 1. The van der Waals surface area contributed by atoms with E-state index >= 15 is 0 Å². The third kappa shape index (κ3) is 6.61. The maximum absolute atomic E-state index is 5.23. The second kappa shape index (κ2) is 7.61. The Balaban J connectivity index is 2.53. The SMILES string of the molecule is NCCNCCNI. The Hall–Kier alpha value is 0.610. The molecule has 50 valence electrons. The van der Waals surface area contributed by atoms with Gasteiger partial charge in [0.2, 0.25) is 0 Å². The Morgan fingerprint density at radius 3 is 2.50 bits per heavy atom. The fourth-order valence-electron chi connectivity index (χ4n) is 0.363. The first-order valence-electron chi connectivity index (χ1n) is 2.66. The first kappa shape index (κ1) is 8.61. The molecule has 0 aromatic heterocycles. The summed E-state index contributed by atoms with van der Waals surface area (Å²) in [5.74, 6) is 0. The van der Waals surface area contributed by atoms with Crippen molar-refractivity contribution in [2.75, 3.05) is 26.2 Å². The largest absolute Gasteiger partial charge is 0.329 e. The Morgan fingerprint density at radius 1 is 1.25 bits per heavy atom. The summed E-state index contributed by atoms with van der Waals surface area (Å²) in [5.41, 5.74) is 5.23. The minimum atomic E-state index is 0.723. The summed E-state index contributed by atoms with van der Waals surface area (Å²) in [6.45, 7) is 3.64. The van der Waals surface area contributed by atoms with Gasteiger partial charge in [-0.25, -0.2) is 0 Å². The van der Waals surface area contributed by atoms with Crippen molar-refractivity contribution in [3.63, 3.8) is 0 Å². The van der Waals surface area contributed by atoms with Crippen LogP contribution in [-0.2, 0) is 0 Å². The summed E-state index contributed by atoms with van der Waals surface area (Å²) in [5, 5.41) is 3.14. The molecule has 0 rings (SSSR count). The van der Waals surface area contributed by atoms with E-state index in [1.807, 2.05) is 0 Å². The van der Waals surface area contributed by atoms with E-state index in [1.165, 1.54) is 0 Å². The molecule has 0 aliphatic rings. The number of hydrogen-bond acceptors (Lipinski definition) is 3. The zero-order valence-corrected chi connectivity index (χ0v) is 6.94. The maximum Gasteiger partial charge on any atom is 0.0175 e. The van der Waals surface area contributed by atoms with E-state index in [0.717, 1.165) is 26.2 Å². The zero-order chi connectivity index (χ0) is 6.24. The Kier molecular flexibility index (Phi) is 8.19. The molecule has 0 bridgehead atoms. The number of rotatable bonds is 5. The molecule has 0 amide bonds. The second-order valence-corrected chi connectivity index (χ2v) is 2.19. The Morgan fingerprint density at radius 2 is 2.00 bits per heavy atom. The van der Waals surface area contributed by atoms with Crippen LogP contribution in [0.1, 0.15) is 0 Å². The Bertz CT molecular complexity index is 36.3. The van der Waals surface area contributed by atoms with Gasteiger partial charge in [0, 0.05) is 49.0 Å². The van der Waals surface area contributed by atoms with Gasteiger partial charge in [-0.2, -0.15) is 0 Å². The predicted octanol–water partition coefficient (Wildman–Crippen LogP) is -0.526. The average Bonchev–Trinajstić information content (AvgIpc) is 1.81. The van der Waals surface area contributed by atoms with E-state index in [9.17, 15) is 0 Å². The minimum Gasteiger partial charge on any atom is -0.329 e. The fraction of sp³-hybridized carbons (Fsp3) is 1.00. The second-order valence-electron chi connectivity index (χ2n) is 1.42. The lowest BCUT2D eigenvalue weighted by atomic mass is 10.6. The van der Waals surface area contributed by atoms with Crippen LogP contribution in [0.2, 0.25) is 0 Å². The molecule has 3 nitrogen and oxygen atoms in total. The molecule has 4 heteroatoms. The van der Waals surface area contributed by atoms with E-state index in [-0.39, 0.29) is 0 Å². The van der Waals surface area contributed by atoms with Gasteiger partial charge in [-0.15, -0.1) is 0 Å². The van der Waals surface area contributed by atoms with Gasteiger partial charge in [0.25, 0.3) is 0 Å². The molecule has 0 saturated heterocycles. The molecule has 0 aromatic carbocycles. The topological polar surface area (TPSA) is 50.1 Å². The van der Waals surface area contributed by atoms with Crippen molar-refractivity contribution in [3.05, 3.63) is 0 Å². The van der Waals surface area contributed by atoms with Gasteiger partial charge in [0.1, 0.15) is 0 Å². The molecule has 4 N–H and O–H groups in total. The molecule has 8 heavy (non-hydrogen) atoms. The van der Waals surface area contributed by atoms with Crippen molar-refractivity contribution in [1.29, 1.82) is 0 Å². The highest BCUT2D eigenvalue weighted by Gasteiger charge is 1.80.